The van der Waals surface area contributed by atoms with Gasteiger partial charge in [0, 0.05) is 30.4 Å². The molecule has 1 saturated heterocycles. The number of benzene rings is 3. The van der Waals surface area contributed by atoms with Gasteiger partial charge in [-0.3, -0.25) is 9.69 Å². The van der Waals surface area contributed by atoms with Gasteiger partial charge in [0.1, 0.15) is 15.9 Å². The van der Waals surface area contributed by atoms with Crippen molar-refractivity contribution in [1.82, 2.24) is 10.2 Å². The maximum Gasteiger partial charge on any atom is 0.326 e. The fourth-order valence-corrected chi connectivity index (χ4v) is 7.36. The van der Waals surface area contributed by atoms with Crippen LogP contribution in [0.4, 0.5) is 0 Å². The Bertz CT molecular complexity index is 1490. The highest BCUT2D eigenvalue weighted by atomic mass is 32.2. The Labute approximate surface area is 253 Å². The molecule has 224 valence electrons. The maximum absolute atomic E-state index is 13.5. The Morgan fingerprint density at radius 2 is 1.67 bits per heavy atom. The van der Waals surface area contributed by atoms with E-state index in [1.807, 2.05) is 67.8 Å². The van der Waals surface area contributed by atoms with E-state index in [1.54, 1.807) is 6.07 Å². The average molecular weight is 609 g/mol. The molecule has 3 atom stereocenters. The molecule has 3 aromatic rings. The van der Waals surface area contributed by atoms with Crippen molar-refractivity contribution in [3.8, 4) is 11.1 Å². The van der Waals surface area contributed by atoms with E-state index in [4.69, 9.17) is 0 Å². The number of aliphatic carboxylic acids is 1. The number of nitrogens with one attached hydrogen (secondary N) is 1. The molecule has 7 nitrogen and oxygen atoms in total. The summed E-state index contributed by atoms with van der Waals surface area (Å²) < 4.78 is 24.7. The van der Waals surface area contributed by atoms with E-state index in [2.05, 4.69) is 22.3 Å². The molecule has 0 spiro atoms. The van der Waals surface area contributed by atoms with E-state index in [-0.39, 0.29) is 17.8 Å². The van der Waals surface area contributed by atoms with E-state index in [9.17, 15) is 23.1 Å². The lowest BCUT2D eigenvalue weighted by atomic mass is 9.93. The van der Waals surface area contributed by atoms with E-state index < -0.39 is 27.8 Å². The summed E-state index contributed by atoms with van der Waals surface area (Å²) in [6.07, 6.45) is 6.08. The van der Waals surface area contributed by atoms with Crippen LogP contribution in [0.2, 0.25) is 0 Å². The number of carboxylic acid groups (broad SMARTS) is 1. The van der Waals surface area contributed by atoms with Crippen LogP contribution in [0.3, 0.4) is 0 Å². The Kier molecular flexibility index (Phi) is 10.9. The lowest BCUT2D eigenvalue weighted by molar-refractivity contribution is -0.139. The fourth-order valence-electron chi connectivity index (χ4n) is 5.83. The van der Waals surface area contributed by atoms with Crippen molar-refractivity contribution in [3.63, 3.8) is 0 Å². The topological polar surface area (TPSA) is 104 Å². The number of thioether (sulfide) groups is 1. The standard InChI is InChI=1S/C33H40N2O5S2/c1-23-9-7-8-12-28(23)30-20-25(13-16-29(30)32(36)34-31(33(37)38)17-18-41-2)21-35-26(19-24-10-5-4-6-11-24)14-15-27(35)22-42(3,39)40/h4-13,16,20,26-27,31H,14-15,17-19,21-22H2,1-3H3,(H,34,36)(H,37,38)/t26-,27+,31+/m1/s1. The third-order valence-electron chi connectivity index (χ3n) is 7.92. The zero-order chi connectivity index (χ0) is 30.3. The van der Waals surface area contributed by atoms with Crippen LogP contribution in [0, 0.1) is 6.92 Å². The summed E-state index contributed by atoms with van der Waals surface area (Å²) in [7, 11) is -3.17. The van der Waals surface area contributed by atoms with Gasteiger partial charge in [-0.05, 0) is 84.6 Å². The molecule has 0 aromatic heterocycles. The molecule has 0 aliphatic carbocycles. The Hall–Kier alpha value is -3.14. The predicted octanol–water partition coefficient (Wildman–Crippen LogP) is 5.22. The van der Waals surface area contributed by atoms with Gasteiger partial charge in [-0.1, -0.05) is 60.7 Å². The highest BCUT2D eigenvalue weighted by Crippen LogP contribution is 2.33. The van der Waals surface area contributed by atoms with E-state index in [0.717, 1.165) is 41.5 Å². The zero-order valence-electron chi connectivity index (χ0n) is 24.5. The molecule has 1 fully saturated rings. The molecule has 9 heteroatoms. The van der Waals surface area contributed by atoms with Crippen LogP contribution >= 0.6 is 11.8 Å². The van der Waals surface area contributed by atoms with Crippen molar-refractivity contribution in [3.05, 3.63) is 95.1 Å². The fraction of sp³-hybridized carbons (Fsp3) is 0.394. The van der Waals surface area contributed by atoms with Crippen LogP contribution in [-0.2, 0) is 27.6 Å². The first-order valence-corrected chi connectivity index (χ1v) is 17.7. The van der Waals surface area contributed by atoms with Crippen molar-refractivity contribution >= 4 is 33.5 Å². The number of rotatable bonds is 13. The number of sulfone groups is 1. The van der Waals surface area contributed by atoms with Crippen molar-refractivity contribution in [1.29, 1.82) is 0 Å². The predicted molar refractivity (Wildman–Crippen MR) is 171 cm³/mol. The quantitative estimate of drug-likeness (QED) is 0.274. The third kappa shape index (κ3) is 8.46. The second-order valence-electron chi connectivity index (χ2n) is 11.2. The van der Waals surface area contributed by atoms with Gasteiger partial charge in [-0.15, -0.1) is 0 Å². The first-order chi connectivity index (χ1) is 20.1. The molecule has 1 aliphatic rings. The monoisotopic (exact) mass is 608 g/mol. The summed E-state index contributed by atoms with van der Waals surface area (Å²) in [5.74, 6) is -0.751. The second kappa shape index (κ2) is 14.4. The van der Waals surface area contributed by atoms with E-state index in [0.29, 0.717) is 24.3 Å². The number of likely N-dealkylation sites (tertiary alicyclic amines) is 1. The van der Waals surface area contributed by atoms with Crippen LogP contribution < -0.4 is 5.32 Å². The highest BCUT2D eigenvalue weighted by Gasteiger charge is 2.35. The molecule has 0 saturated carbocycles. The molecular formula is C33H40N2O5S2. The van der Waals surface area contributed by atoms with Crippen molar-refractivity contribution in [2.24, 2.45) is 0 Å². The molecule has 0 radical (unpaired) electrons. The minimum atomic E-state index is -3.17. The largest absolute Gasteiger partial charge is 0.480 e. The summed E-state index contributed by atoms with van der Waals surface area (Å²) in [4.78, 5) is 27.7. The average Bonchev–Trinajstić information content (AvgIpc) is 3.30. The molecule has 3 aromatic carbocycles. The lowest BCUT2D eigenvalue weighted by Crippen LogP contribution is -2.41. The Balaban J connectivity index is 1.68. The minimum absolute atomic E-state index is 0.0913. The first-order valence-electron chi connectivity index (χ1n) is 14.2. The van der Waals surface area contributed by atoms with E-state index in [1.165, 1.54) is 23.6 Å². The van der Waals surface area contributed by atoms with Crippen LogP contribution in [0.25, 0.3) is 11.1 Å². The minimum Gasteiger partial charge on any atom is -0.480 e. The lowest BCUT2D eigenvalue weighted by Gasteiger charge is -2.30. The summed E-state index contributed by atoms with van der Waals surface area (Å²) in [5.41, 5.74) is 5.23. The number of aryl methyl sites for hydroxylation is 1. The van der Waals surface area contributed by atoms with Crippen LogP contribution in [0.15, 0.2) is 72.8 Å². The number of amides is 1. The van der Waals surface area contributed by atoms with Gasteiger partial charge in [-0.2, -0.15) is 11.8 Å². The number of hydrogen-bond acceptors (Lipinski definition) is 6. The number of carbonyl (C=O) groups is 2. The molecular weight excluding hydrogens is 569 g/mol. The van der Waals surface area contributed by atoms with Crippen molar-refractivity contribution in [2.45, 2.75) is 57.3 Å². The smallest absolute Gasteiger partial charge is 0.326 e. The number of nitrogens with zero attached hydrogens (tertiary/aromatic N) is 1. The molecule has 0 bridgehead atoms. The zero-order valence-corrected chi connectivity index (χ0v) is 26.1. The normalized spacial score (nSPS) is 18.1. The van der Waals surface area contributed by atoms with Gasteiger partial charge in [0.05, 0.1) is 5.75 Å². The van der Waals surface area contributed by atoms with Gasteiger partial charge >= 0.3 is 5.97 Å². The molecule has 1 amide bonds. The Morgan fingerprint density at radius 1 is 0.976 bits per heavy atom. The number of carbonyl (C=O) groups excluding carboxylic acids is 1. The summed E-state index contributed by atoms with van der Waals surface area (Å²) in [6.45, 7) is 2.53. The third-order valence-corrected chi connectivity index (χ3v) is 9.56. The molecule has 2 N–H and O–H groups in total. The van der Waals surface area contributed by atoms with Gasteiger partial charge in [0.2, 0.25) is 0 Å². The Morgan fingerprint density at radius 3 is 2.33 bits per heavy atom. The van der Waals surface area contributed by atoms with Crippen LogP contribution in [0.1, 0.15) is 46.3 Å². The van der Waals surface area contributed by atoms with Crippen LogP contribution in [-0.4, -0.2) is 72.4 Å². The summed E-state index contributed by atoms with van der Waals surface area (Å²) in [6, 6.07) is 22.9. The van der Waals surface area contributed by atoms with Gasteiger partial charge in [0.15, 0.2) is 0 Å². The van der Waals surface area contributed by atoms with Gasteiger partial charge in [-0.25, -0.2) is 13.2 Å². The molecule has 1 aliphatic heterocycles. The summed E-state index contributed by atoms with van der Waals surface area (Å²) >= 11 is 1.54. The maximum atomic E-state index is 13.5. The van der Waals surface area contributed by atoms with Crippen LogP contribution in [0.5, 0.6) is 0 Å². The second-order valence-corrected chi connectivity index (χ2v) is 14.4. The number of carboxylic acids is 1. The number of hydrogen-bond donors (Lipinski definition) is 2. The van der Waals surface area contributed by atoms with Crippen molar-refractivity contribution in [2.75, 3.05) is 24.0 Å². The molecule has 1 heterocycles. The molecule has 0 unspecified atom stereocenters. The SMILES string of the molecule is CSCC[C@H](NC(=O)c1ccc(CN2[C@@H](Cc3ccccc3)CC[C@H]2CS(C)(=O)=O)cc1-c1ccccc1C)C(=O)O. The molecule has 42 heavy (non-hydrogen) atoms. The van der Waals surface area contributed by atoms with Gasteiger partial charge in [0.25, 0.3) is 5.91 Å². The highest BCUT2D eigenvalue weighted by molar-refractivity contribution is 7.98. The molecule has 4 rings (SSSR count). The first kappa shape index (κ1) is 31.8. The van der Waals surface area contributed by atoms with Gasteiger partial charge < -0.3 is 10.4 Å². The summed E-state index contributed by atoms with van der Waals surface area (Å²) in [5, 5.41) is 12.4. The van der Waals surface area contributed by atoms with Crippen molar-refractivity contribution < 1.29 is 23.1 Å². The van der Waals surface area contributed by atoms with E-state index >= 15 is 0 Å².